The summed E-state index contributed by atoms with van der Waals surface area (Å²) in [6.07, 6.45) is 5.86. The van der Waals surface area contributed by atoms with E-state index in [0.717, 1.165) is 31.7 Å². The number of aromatic nitrogens is 2. The summed E-state index contributed by atoms with van der Waals surface area (Å²) < 4.78 is 2.01. The van der Waals surface area contributed by atoms with Gasteiger partial charge in [0.05, 0.1) is 6.04 Å². The van der Waals surface area contributed by atoms with Crippen molar-refractivity contribution in [3.8, 4) is 0 Å². The summed E-state index contributed by atoms with van der Waals surface area (Å²) >= 11 is 0. The monoisotopic (exact) mass is 299 g/mol. The predicted molar refractivity (Wildman–Crippen MR) is 85.1 cm³/mol. The van der Waals surface area contributed by atoms with Crippen LogP contribution in [0.15, 0.2) is 24.4 Å². The molecule has 1 aromatic rings. The molecule has 4 aliphatic rings. The zero-order valence-electron chi connectivity index (χ0n) is 13.5. The molecule has 2 bridgehead atoms. The summed E-state index contributed by atoms with van der Waals surface area (Å²) in [5.41, 5.74) is 2.81. The van der Waals surface area contributed by atoms with E-state index in [0.29, 0.717) is 11.3 Å². The van der Waals surface area contributed by atoms with Crippen LogP contribution in [0.3, 0.4) is 0 Å². The van der Waals surface area contributed by atoms with Gasteiger partial charge in [-0.2, -0.15) is 5.10 Å². The number of carbonyl (C=O) groups is 1. The lowest BCUT2D eigenvalue weighted by Crippen LogP contribution is -2.58. The van der Waals surface area contributed by atoms with Crippen molar-refractivity contribution in [1.29, 1.82) is 0 Å². The second-order valence-corrected chi connectivity index (χ2v) is 7.91. The van der Waals surface area contributed by atoms with Crippen LogP contribution in [0.4, 0.5) is 0 Å². The van der Waals surface area contributed by atoms with Crippen LogP contribution in [0.1, 0.15) is 38.8 Å². The molecule has 22 heavy (non-hydrogen) atoms. The third-order valence-electron chi connectivity index (χ3n) is 6.52. The van der Waals surface area contributed by atoms with Gasteiger partial charge < -0.3 is 5.32 Å². The first-order chi connectivity index (χ1) is 10.5. The van der Waals surface area contributed by atoms with Gasteiger partial charge in [-0.3, -0.25) is 9.48 Å². The molecule has 0 radical (unpaired) electrons. The van der Waals surface area contributed by atoms with Crippen LogP contribution in [0.5, 0.6) is 0 Å². The van der Waals surface area contributed by atoms with Gasteiger partial charge in [0.2, 0.25) is 5.91 Å². The Morgan fingerprint density at radius 2 is 2.27 bits per heavy atom. The third-order valence-corrected chi connectivity index (χ3v) is 6.52. The minimum atomic E-state index is 0.0864. The van der Waals surface area contributed by atoms with E-state index in [1.165, 1.54) is 17.7 Å². The van der Waals surface area contributed by atoms with Crippen LogP contribution in [-0.2, 0) is 17.8 Å². The number of fused-ring (bicyclic) bond motifs is 3. The molecule has 1 amide bonds. The molecule has 0 spiro atoms. The Hall–Kier alpha value is -1.58. The fraction of sp³-hybridized carbons (Fsp3) is 0.667. The summed E-state index contributed by atoms with van der Waals surface area (Å²) in [5.74, 6) is 1.62. The van der Waals surface area contributed by atoms with E-state index in [-0.39, 0.29) is 17.9 Å². The van der Waals surface area contributed by atoms with Gasteiger partial charge >= 0.3 is 0 Å². The molecule has 1 aromatic heterocycles. The van der Waals surface area contributed by atoms with Crippen molar-refractivity contribution in [2.24, 2.45) is 23.2 Å². The largest absolute Gasteiger partial charge is 0.349 e. The molecule has 1 N–H and O–H groups in total. The number of rotatable bonds is 2. The number of hydrogen-bond acceptors (Lipinski definition) is 2. The molecule has 3 saturated carbocycles. The third kappa shape index (κ3) is 1.96. The fourth-order valence-corrected chi connectivity index (χ4v) is 4.76. The lowest BCUT2D eigenvalue weighted by Gasteiger charge is -2.60. The zero-order chi connectivity index (χ0) is 15.5. The molecule has 4 atom stereocenters. The van der Waals surface area contributed by atoms with E-state index in [9.17, 15) is 4.79 Å². The molecule has 3 fully saturated rings. The Labute approximate surface area is 132 Å². The summed E-state index contributed by atoms with van der Waals surface area (Å²) in [7, 11) is 0. The first-order valence-electron chi connectivity index (χ1n) is 8.46. The number of nitrogens with one attached hydrogen (secondary N) is 1. The minimum Gasteiger partial charge on any atom is -0.349 e. The van der Waals surface area contributed by atoms with Crippen LogP contribution >= 0.6 is 0 Å². The molecule has 4 heteroatoms. The maximum atomic E-state index is 12.6. The molecular formula is C18H25N3O. The van der Waals surface area contributed by atoms with Crippen molar-refractivity contribution in [3.05, 3.63) is 30.1 Å². The summed E-state index contributed by atoms with van der Waals surface area (Å²) in [6, 6.07) is 2.22. The smallest absolute Gasteiger partial charge is 0.224 e. The van der Waals surface area contributed by atoms with E-state index in [2.05, 4.69) is 30.8 Å². The van der Waals surface area contributed by atoms with Crippen molar-refractivity contribution in [2.45, 2.75) is 52.1 Å². The van der Waals surface area contributed by atoms with E-state index in [1.807, 2.05) is 16.9 Å². The first kappa shape index (κ1) is 14.0. The van der Waals surface area contributed by atoms with Gasteiger partial charge in [-0.05, 0) is 42.6 Å². The van der Waals surface area contributed by atoms with Gasteiger partial charge in [-0.25, -0.2) is 0 Å². The van der Waals surface area contributed by atoms with E-state index in [1.54, 1.807) is 0 Å². The van der Waals surface area contributed by atoms with Crippen molar-refractivity contribution >= 4 is 5.91 Å². The lowest BCUT2D eigenvalue weighted by molar-refractivity contribution is -0.127. The van der Waals surface area contributed by atoms with Crippen molar-refractivity contribution in [1.82, 2.24) is 15.1 Å². The van der Waals surface area contributed by atoms with Gasteiger partial charge in [-0.15, -0.1) is 0 Å². The van der Waals surface area contributed by atoms with Crippen LogP contribution in [0.25, 0.3) is 0 Å². The molecule has 3 aliphatic carbocycles. The lowest BCUT2D eigenvalue weighted by atomic mass is 9.46. The number of nitrogens with zero attached hydrogens (tertiary/aromatic N) is 2. The Morgan fingerprint density at radius 3 is 3.00 bits per heavy atom. The Morgan fingerprint density at radius 1 is 1.45 bits per heavy atom. The van der Waals surface area contributed by atoms with Crippen LogP contribution in [0.2, 0.25) is 0 Å². The van der Waals surface area contributed by atoms with E-state index in [4.69, 9.17) is 0 Å². The SMILES string of the molecule is C=C1C(NC(=O)C2CCn3nccc3C2)C[C@H]2C[C@@H]1C2(C)C. The Bertz CT molecular complexity index is 630. The predicted octanol–water partition coefficient (Wildman–Crippen LogP) is 2.55. The topological polar surface area (TPSA) is 46.9 Å². The normalized spacial score (nSPS) is 35.5. The minimum absolute atomic E-state index is 0.0864. The number of carbonyl (C=O) groups excluding carboxylic acids is 1. The molecule has 118 valence electrons. The number of aryl methyl sites for hydroxylation is 1. The molecule has 2 unspecified atom stereocenters. The quantitative estimate of drug-likeness (QED) is 0.853. The average molecular weight is 299 g/mol. The molecule has 0 saturated heterocycles. The Balaban J connectivity index is 1.40. The summed E-state index contributed by atoms with van der Waals surface area (Å²) in [4.78, 5) is 12.6. The molecule has 4 nitrogen and oxygen atoms in total. The fourth-order valence-electron chi connectivity index (χ4n) is 4.76. The molecule has 2 heterocycles. The highest BCUT2D eigenvalue weighted by Crippen LogP contribution is 2.60. The van der Waals surface area contributed by atoms with Gasteiger partial charge in [0.25, 0.3) is 0 Å². The van der Waals surface area contributed by atoms with E-state index >= 15 is 0 Å². The molecule has 5 rings (SSSR count). The maximum Gasteiger partial charge on any atom is 0.224 e. The number of amides is 1. The molecular weight excluding hydrogens is 274 g/mol. The standard InChI is InChI=1S/C18H25N3O/c1-11-15-9-13(18(15,2)3)10-16(11)20-17(22)12-5-7-21-14(8-12)4-6-19-21/h4,6,12-13,15-16H,1,5,7-10H2,2-3H3,(H,20,22)/t12?,13-,15+,16?/m1/s1. The average Bonchev–Trinajstić information content (AvgIpc) is 2.95. The van der Waals surface area contributed by atoms with Gasteiger partial charge in [-0.1, -0.05) is 26.0 Å². The van der Waals surface area contributed by atoms with Crippen molar-refractivity contribution < 1.29 is 4.79 Å². The van der Waals surface area contributed by atoms with Gasteiger partial charge in [0.15, 0.2) is 0 Å². The highest BCUT2D eigenvalue weighted by Gasteiger charge is 2.55. The number of hydrogen-bond donors (Lipinski definition) is 1. The maximum absolute atomic E-state index is 12.6. The van der Waals surface area contributed by atoms with E-state index < -0.39 is 0 Å². The van der Waals surface area contributed by atoms with Crippen molar-refractivity contribution in [3.63, 3.8) is 0 Å². The highest BCUT2D eigenvalue weighted by atomic mass is 16.1. The van der Waals surface area contributed by atoms with Crippen LogP contribution in [0, 0.1) is 23.2 Å². The van der Waals surface area contributed by atoms with Crippen LogP contribution < -0.4 is 5.32 Å². The zero-order valence-corrected chi connectivity index (χ0v) is 13.5. The molecule has 1 aliphatic heterocycles. The van der Waals surface area contributed by atoms with Crippen LogP contribution in [-0.4, -0.2) is 21.7 Å². The second-order valence-electron chi connectivity index (χ2n) is 7.91. The Kier molecular flexibility index (Phi) is 3.00. The summed E-state index contributed by atoms with van der Waals surface area (Å²) in [6.45, 7) is 9.85. The van der Waals surface area contributed by atoms with Gasteiger partial charge in [0.1, 0.15) is 0 Å². The van der Waals surface area contributed by atoms with Gasteiger partial charge in [0, 0.05) is 30.8 Å². The van der Waals surface area contributed by atoms with Crippen molar-refractivity contribution in [2.75, 3.05) is 0 Å². The summed E-state index contributed by atoms with van der Waals surface area (Å²) in [5, 5.41) is 7.57. The second kappa shape index (κ2) is 4.71. The first-order valence-corrected chi connectivity index (χ1v) is 8.46. The molecule has 0 aromatic carbocycles. The highest BCUT2D eigenvalue weighted by molar-refractivity contribution is 5.79.